The number of nitrogens with zero attached hydrogens (tertiary/aromatic N) is 2. The highest BCUT2D eigenvalue weighted by Crippen LogP contribution is 2.29. The lowest BCUT2D eigenvalue weighted by Crippen LogP contribution is -2.43. The second-order valence-corrected chi connectivity index (χ2v) is 6.81. The average molecular weight is 299 g/mol. The van der Waals surface area contributed by atoms with Crippen molar-refractivity contribution in [3.63, 3.8) is 0 Å². The summed E-state index contributed by atoms with van der Waals surface area (Å²) < 4.78 is 0. The van der Waals surface area contributed by atoms with Crippen molar-refractivity contribution >= 4 is 17.2 Å². The van der Waals surface area contributed by atoms with Gasteiger partial charge in [0.05, 0.1) is 4.88 Å². The minimum Gasteiger partial charge on any atom is -0.346 e. The van der Waals surface area contributed by atoms with Crippen molar-refractivity contribution < 1.29 is 4.79 Å². The normalized spacial score (nSPS) is 27.0. The molecule has 0 radical (unpaired) electrons. The minimum absolute atomic E-state index is 0.0269. The molecule has 3 atom stereocenters. The third kappa shape index (κ3) is 2.47. The summed E-state index contributed by atoms with van der Waals surface area (Å²) >= 11 is 1.46. The zero-order valence-corrected chi connectivity index (χ0v) is 12.5. The van der Waals surface area contributed by atoms with Crippen LogP contribution in [0.4, 0.5) is 0 Å². The highest BCUT2D eigenvalue weighted by atomic mass is 32.1. The molecule has 1 amide bonds. The van der Waals surface area contributed by atoms with E-state index >= 15 is 0 Å². The molecule has 1 N–H and O–H groups in total. The lowest BCUT2D eigenvalue weighted by Gasteiger charge is -2.22. The van der Waals surface area contributed by atoms with Crippen LogP contribution in [0.5, 0.6) is 0 Å². The molecular formula is C16H17N3OS. The van der Waals surface area contributed by atoms with Gasteiger partial charge in [-0.05, 0) is 24.4 Å². The number of thiazole rings is 1. The van der Waals surface area contributed by atoms with Gasteiger partial charge in [-0.2, -0.15) is 0 Å². The Labute approximate surface area is 127 Å². The van der Waals surface area contributed by atoms with Gasteiger partial charge in [0, 0.05) is 25.3 Å². The maximum Gasteiger partial charge on any atom is 0.280 e. The van der Waals surface area contributed by atoms with E-state index in [1.807, 2.05) is 30.3 Å². The third-order valence-corrected chi connectivity index (χ3v) is 5.45. The SMILES string of the molecule is O=C(NC1CN2CC[C@H]1C2)c1ncc(-c2ccccc2)s1. The van der Waals surface area contributed by atoms with Crippen molar-refractivity contribution in [1.29, 1.82) is 0 Å². The van der Waals surface area contributed by atoms with Crippen LogP contribution in [0.1, 0.15) is 16.2 Å². The van der Waals surface area contributed by atoms with Crippen LogP contribution in [0.15, 0.2) is 36.5 Å². The predicted molar refractivity (Wildman–Crippen MR) is 83.4 cm³/mol. The van der Waals surface area contributed by atoms with Crippen LogP contribution in [0, 0.1) is 5.92 Å². The fraction of sp³-hybridized carbons (Fsp3) is 0.375. The number of carbonyl (C=O) groups is 1. The average Bonchev–Trinajstić information content (AvgIpc) is 3.24. The molecular weight excluding hydrogens is 282 g/mol. The molecule has 4 nitrogen and oxygen atoms in total. The molecule has 3 heterocycles. The first-order chi connectivity index (χ1) is 10.3. The summed E-state index contributed by atoms with van der Waals surface area (Å²) in [5.74, 6) is 0.600. The third-order valence-electron chi connectivity index (χ3n) is 4.41. The first-order valence-electron chi connectivity index (χ1n) is 7.34. The zero-order chi connectivity index (χ0) is 14.2. The quantitative estimate of drug-likeness (QED) is 0.945. The van der Waals surface area contributed by atoms with Crippen LogP contribution in [-0.2, 0) is 0 Å². The number of aromatic nitrogens is 1. The Morgan fingerprint density at radius 1 is 1.29 bits per heavy atom. The first kappa shape index (κ1) is 13.0. The van der Waals surface area contributed by atoms with Crippen molar-refractivity contribution in [2.24, 2.45) is 5.92 Å². The van der Waals surface area contributed by atoms with Crippen LogP contribution in [0.2, 0.25) is 0 Å². The van der Waals surface area contributed by atoms with Gasteiger partial charge in [0.1, 0.15) is 0 Å². The van der Waals surface area contributed by atoms with Crippen molar-refractivity contribution in [1.82, 2.24) is 15.2 Å². The van der Waals surface area contributed by atoms with Crippen LogP contribution < -0.4 is 5.32 Å². The topological polar surface area (TPSA) is 45.2 Å². The Bertz CT molecular complexity index is 655. The molecule has 1 aromatic heterocycles. The molecule has 2 aliphatic rings. The second kappa shape index (κ2) is 5.24. The number of benzene rings is 1. The molecule has 5 heteroatoms. The maximum atomic E-state index is 12.3. The molecule has 0 saturated carbocycles. The fourth-order valence-electron chi connectivity index (χ4n) is 3.29. The molecule has 2 saturated heterocycles. The molecule has 108 valence electrons. The molecule has 2 aromatic rings. The Hall–Kier alpha value is -1.72. The van der Waals surface area contributed by atoms with E-state index in [9.17, 15) is 4.79 Å². The molecule has 2 unspecified atom stereocenters. The summed E-state index contributed by atoms with van der Waals surface area (Å²) in [5, 5.41) is 3.72. The predicted octanol–water partition coefficient (Wildman–Crippen LogP) is 2.24. The molecule has 2 bridgehead atoms. The number of hydrogen-bond acceptors (Lipinski definition) is 4. The lowest BCUT2D eigenvalue weighted by molar-refractivity contribution is 0.0924. The highest BCUT2D eigenvalue weighted by molar-refractivity contribution is 7.16. The van der Waals surface area contributed by atoms with Gasteiger partial charge in [0.2, 0.25) is 0 Å². The fourth-order valence-corrected chi connectivity index (χ4v) is 4.12. The monoisotopic (exact) mass is 299 g/mol. The van der Waals surface area contributed by atoms with E-state index < -0.39 is 0 Å². The summed E-state index contributed by atoms with van der Waals surface area (Å²) in [4.78, 5) is 20.1. The molecule has 1 aromatic carbocycles. The molecule has 0 aliphatic carbocycles. The number of amides is 1. The summed E-state index contributed by atoms with van der Waals surface area (Å²) in [7, 11) is 0. The van der Waals surface area contributed by atoms with E-state index in [1.165, 1.54) is 24.3 Å². The Balaban J connectivity index is 1.47. The van der Waals surface area contributed by atoms with Gasteiger partial charge in [0.25, 0.3) is 5.91 Å². The van der Waals surface area contributed by atoms with Gasteiger partial charge in [-0.3, -0.25) is 4.79 Å². The molecule has 2 aliphatic heterocycles. The Morgan fingerprint density at radius 3 is 2.86 bits per heavy atom. The number of piperidine rings is 1. The van der Waals surface area contributed by atoms with E-state index in [0.717, 1.165) is 23.5 Å². The Morgan fingerprint density at radius 2 is 2.14 bits per heavy atom. The first-order valence-corrected chi connectivity index (χ1v) is 8.16. The van der Waals surface area contributed by atoms with E-state index in [1.54, 1.807) is 6.20 Å². The smallest absolute Gasteiger partial charge is 0.280 e. The lowest BCUT2D eigenvalue weighted by atomic mass is 10.0. The molecule has 0 spiro atoms. The van der Waals surface area contributed by atoms with Crippen LogP contribution in [-0.4, -0.2) is 41.5 Å². The van der Waals surface area contributed by atoms with Gasteiger partial charge in [-0.1, -0.05) is 30.3 Å². The largest absolute Gasteiger partial charge is 0.346 e. The van der Waals surface area contributed by atoms with Gasteiger partial charge in [-0.25, -0.2) is 4.98 Å². The van der Waals surface area contributed by atoms with Crippen LogP contribution in [0.25, 0.3) is 10.4 Å². The molecule has 2 fully saturated rings. The van der Waals surface area contributed by atoms with Crippen molar-refractivity contribution in [3.8, 4) is 10.4 Å². The highest BCUT2D eigenvalue weighted by Gasteiger charge is 2.38. The van der Waals surface area contributed by atoms with Crippen LogP contribution in [0.3, 0.4) is 0 Å². The van der Waals surface area contributed by atoms with Gasteiger partial charge >= 0.3 is 0 Å². The van der Waals surface area contributed by atoms with Gasteiger partial charge < -0.3 is 10.2 Å². The number of nitrogens with one attached hydrogen (secondary N) is 1. The second-order valence-electron chi connectivity index (χ2n) is 5.78. The van der Waals surface area contributed by atoms with Crippen molar-refractivity contribution in [2.45, 2.75) is 12.5 Å². The van der Waals surface area contributed by atoms with E-state index in [4.69, 9.17) is 0 Å². The van der Waals surface area contributed by atoms with Crippen molar-refractivity contribution in [3.05, 3.63) is 41.5 Å². The van der Waals surface area contributed by atoms with E-state index in [0.29, 0.717) is 17.0 Å². The Kier molecular flexibility index (Phi) is 3.24. The number of rotatable bonds is 3. The summed E-state index contributed by atoms with van der Waals surface area (Å²) in [5.41, 5.74) is 1.11. The number of carbonyl (C=O) groups excluding carboxylic acids is 1. The van der Waals surface area contributed by atoms with E-state index in [-0.39, 0.29) is 5.91 Å². The summed E-state index contributed by atoms with van der Waals surface area (Å²) in [6, 6.07) is 10.4. The number of fused-ring (bicyclic) bond motifs is 2. The summed E-state index contributed by atoms with van der Waals surface area (Å²) in [6.45, 7) is 3.32. The molecule has 4 rings (SSSR count). The standard InChI is InChI=1S/C16H17N3OS/c20-15(18-13-10-19-7-6-12(13)9-19)16-17-8-14(21-16)11-4-2-1-3-5-11/h1-5,8,12-13H,6-7,9-10H2,(H,18,20)/t12-,13?/m0/s1. The zero-order valence-electron chi connectivity index (χ0n) is 11.7. The molecule has 21 heavy (non-hydrogen) atoms. The van der Waals surface area contributed by atoms with Crippen molar-refractivity contribution in [2.75, 3.05) is 19.6 Å². The van der Waals surface area contributed by atoms with Gasteiger partial charge in [-0.15, -0.1) is 11.3 Å². The maximum absolute atomic E-state index is 12.3. The summed E-state index contributed by atoms with van der Waals surface area (Å²) in [6.07, 6.45) is 3.00. The van der Waals surface area contributed by atoms with E-state index in [2.05, 4.69) is 15.2 Å². The van der Waals surface area contributed by atoms with Crippen LogP contribution >= 0.6 is 11.3 Å². The van der Waals surface area contributed by atoms with Gasteiger partial charge in [0.15, 0.2) is 5.01 Å². The number of hydrogen-bond donors (Lipinski definition) is 1. The minimum atomic E-state index is -0.0269.